The van der Waals surface area contributed by atoms with Crippen LogP contribution in [0.3, 0.4) is 0 Å². The van der Waals surface area contributed by atoms with Crippen LogP contribution in [-0.4, -0.2) is 69.8 Å². The van der Waals surface area contributed by atoms with E-state index in [2.05, 4.69) is 10.3 Å². The summed E-state index contributed by atoms with van der Waals surface area (Å²) in [7, 11) is -7.14. The van der Waals surface area contributed by atoms with Crippen molar-refractivity contribution in [2.45, 2.75) is 29.2 Å². The van der Waals surface area contributed by atoms with Gasteiger partial charge in [-0.05, 0) is 36.6 Å². The number of nitrogens with one attached hydrogen (secondary N) is 1. The van der Waals surface area contributed by atoms with Gasteiger partial charge in [0, 0.05) is 38.9 Å². The molecule has 11 heteroatoms. The number of ether oxygens (including phenoxy) is 1. The van der Waals surface area contributed by atoms with Gasteiger partial charge < -0.3 is 10.1 Å². The fourth-order valence-electron chi connectivity index (χ4n) is 3.73. The number of hydrogen-bond donors (Lipinski definition) is 1. The smallest absolute Gasteiger partial charge is 0.244 e. The summed E-state index contributed by atoms with van der Waals surface area (Å²) in [6.07, 6.45) is 3.09. The maximum Gasteiger partial charge on any atom is 0.244 e. The van der Waals surface area contributed by atoms with Crippen LogP contribution >= 0.6 is 0 Å². The fourth-order valence-corrected chi connectivity index (χ4v) is 6.82. The Hall–Kier alpha value is -2.05. The zero-order valence-electron chi connectivity index (χ0n) is 17.1. The number of benzene rings is 1. The van der Waals surface area contributed by atoms with E-state index in [1.807, 2.05) is 0 Å². The van der Waals surface area contributed by atoms with E-state index >= 15 is 0 Å². The number of hydrogen-bond acceptors (Lipinski definition) is 7. The molecular weight excluding hydrogens is 440 g/mol. The summed E-state index contributed by atoms with van der Waals surface area (Å²) in [5, 5.41) is 3.10. The van der Waals surface area contributed by atoms with E-state index < -0.39 is 20.0 Å². The van der Waals surface area contributed by atoms with Gasteiger partial charge in [0.05, 0.1) is 18.1 Å². The van der Waals surface area contributed by atoms with Gasteiger partial charge in [-0.15, -0.1) is 0 Å². The predicted molar refractivity (Wildman–Crippen MR) is 116 cm³/mol. The maximum atomic E-state index is 13.1. The summed E-state index contributed by atoms with van der Waals surface area (Å²) in [6, 6.07) is 9.97. The summed E-state index contributed by atoms with van der Waals surface area (Å²) in [5.41, 5.74) is 0.615. The van der Waals surface area contributed by atoms with E-state index in [9.17, 15) is 16.8 Å². The molecule has 2 aromatic rings. The molecule has 4 rings (SSSR count). The number of nitrogens with zero attached hydrogens (tertiary/aromatic N) is 3. The van der Waals surface area contributed by atoms with Gasteiger partial charge >= 0.3 is 0 Å². The highest BCUT2D eigenvalue weighted by Gasteiger charge is 2.29. The molecule has 1 N–H and O–H groups in total. The van der Waals surface area contributed by atoms with Crippen LogP contribution in [0, 0.1) is 0 Å². The van der Waals surface area contributed by atoms with E-state index in [4.69, 9.17) is 4.74 Å². The molecule has 168 valence electrons. The first-order valence-electron chi connectivity index (χ1n) is 10.2. The van der Waals surface area contributed by atoms with Crippen LogP contribution in [0.1, 0.15) is 18.4 Å². The number of sulfonamides is 2. The Labute approximate surface area is 183 Å². The molecule has 3 heterocycles. The number of pyridine rings is 1. The number of morpholine rings is 1. The average Bonchev–Trinajstić information content (AvgIpc) is 3.35. The van der Waals surface area contributed by atoms with Crippen molar-refractivity contribution in [3.8, 4) is 0 Å². The number of aromatic nitrogens is 1. The summed E-state index contributed by atoms with van der Waals surface area (Å²) in [5.74, 6) is 0.471. The molecule has 2 saturated heterocycles. The molecule has 0 amide bonds. The van der Waals surface area contributed by atoms with E-state index in [0.717, 1.165) is 12.8 Å². The van der Waals surface area contributed by atoms with Crippen LogP contribution in [0.5, 0.6) is 0 Å². The third kappa shape index (κ3) is 4.75. The van der Waals surface area contributed by atoms with Crippen LogP contribution in [0.4, 0.5) is 5.82 Å². The molecular formula is C20H26N4O5S2. The van der Waals surface area contributed by atoms with Gasteiger partial charge in [-0.25, -0.2) is 21.8 Å². The van der Waals surface area contributed by atoms with Gasteiger partial charge in [-0.2, -0.15) is 8.61 Å². The fraction of sp³-hybridized carbons (Fsp3) is 0.450. The molecule has 0 bridgehead atoms. The Morgan fingerprint density at radius 2 is 1.55 bits per heavy atom. The molecule has 2 aliphatic heterocycles. The molecule has 0 radical (unpaired) electrons. The highest BCUT2D eigenvalue weighted by atomic mass is 32.2. The second-order valence-corrected chi connectivity index (χ2v) is 11.3. The molecule has 0 aliphatic carbocycles. The molecule has 0 unspecified atom stereocenters. The molecule has 9 nitrogen and oxygen atoms in total. The van der Waals surface area contributed by atoms with Crippen molar-refractivity contribution in [3.63, 3.8) is 0 Å². The standard InChI is InChI=1S/C20H26N4O5S2/c25-30(26,23-9-3-4-10-23)18-7-8-20(22-16-18)21-15-17-5-1-2-6-19(17)31(27,28)24-11-13-29-14-12-24/h1-2,5-8,16H,3-4,9-15H2,(H,21,22). The lowest BCUT2D eigenvalue weighted by Gasteiger charge is -2.27. The van der Waals surface area contributed by atoms with Crippen LogP contribution in [0.2, 0.25) is 0 Å². The zero-order chi connectivity index (χ0) is 21.9. The van der Waals surface area contributed by atoms with Gasteiger partial charge in [0.25, 0.3) is 0 Å². The molecule has 0 saturated carbocycles. The SMILES string of the molecule is O=S(=O)(c1ccc(NCc2ccccc2S(=O)(=O)N2CCOCC2)nc1)N1CCCC1. The van der Waals surface area contributed by atoms with Crippen molar-refractivity contribution < 1.29 is 21.6 Å². The van der Waals surface area contributed by atoms with Crippen molar-refractivity contribution in [1.82, 2.24) is 13.6 Å². The van der Waals surface area contributed by atoms with Gasteiger partial charge in [0.2, 0.25) is 20.0 Å². The second-order valence-electron chi connectivity index (χ2n) is 7.47. The first-order chi connectivity index (χ1) is 14.9. The maximum absolute atomic E-state index is 13.1. The van der Waals surface area contributed by atoms with E-state index in [-0.39, 0.29) is 16.3 Å². The van der Waals surface area contributed by atoms with Crippen molar-refractivity contribution in [2.75, 3.05) is 44.7 Å². The first kappa shape index (κ1) is 22.2. The lowest BCUT2D eigenvalue weighted by atomic mass is 10.2. The van der Waals surface area contributed by atoms with Gasteiger partial charge in [0.1, 0.15) is 10.7 Å². The highest BCUT2D eigenvalue weighted by Crippen LogP contribution is 2.23. The monoisotopic (exact) mass is 466 g/mol. The minimum absolute atomic E-state index is 0.162. The van der Waals surface area contributed by atoms with E-state index in [1.54, 1.807) is 30.3 Å². The van der Waals surface area contributed by atoms with Gasteiger partial charge in [-0.3, -0.25) is 0 Å². The first-order valence-corrected chi connectivity index (χ1v) is 13.1. The van der Waals surface area contributed by atoms with E-state index in [0.29, 0.717) is 50.8 Å². The van der Waals surface area contributed by atoms with Crippen molar-refractivity contribution in [1.29, 1.82) is 0 Å². The third-order valence-corrected chi connectivity index (χ3v) is 9.34. The molecule has 31 heavy (non-hydrogen) atoms. The normalized spacial score (nSPS) is 18.8. The van der Waals surface area contributed by atoms with Gasteiger partial charge in [-0.1, -0.05) is 18.2 Å². The summed E-state index contributed by atoms with van der Waals surface area (Å²) >= 11 is 0. The van der Waals surface area contributed by atoms with E-state index in [1.165, 1.54) is 20.9 Å². The molecule has 2 fully saturated rings. The minimum atomic E-state index is -3.62. The lowest BCUT2D eigenvalue weighted by Crippen LogP contribution is -2.41. The largest absolute Gasteiger partial charge is 0.379 e. The Kier molecular flexibility index (Phi) is 6.58. The summed E-state index contributed by atoms with van der Waals surface area (Å²) in [6.45, 7) is 2.75. The van der Waals surface area contributed by atoms with Crippen LogP contribution in [-0.2, 0) is 31.3 Å². The Bertz CT molecular complexity index is 1110. The quantitative estimate of drug-likeness (QED) is 0.659. The molecule has 1 aromatic heterocycles. The predicted octanol–water partition coefficient (Wildman–Crippen LogP) is 1.50. The van der Waals surface area contributed by atoms with Crippen molar-refractivity contribution in [2.24, 2.45) is 0 Å². The lowest BCUT2D eigenvalue weighted by molar-refractivity contribution is 0.0730. The third-order valence-electron chi connectivity index (χ3n) is 5.46. The molecule has 0 atom stereocenters. The highest BCUT2D eigenvalue weighted by molar-refractivity contribution is 7.89. The van der Waals surface area contributed by atoms with Crippen molar-refractivity contribution in [3.05, 3.63) is 48.2 Å². The summed E-state index contributed by atoms with van der Waals surface area (Å²) in [4.78, 5) is 4.63. The Morgan fingerprint density at radius 1 is 0.871 bits per heavy atom. The molecule has 1 aromatic carbocycles. The minimum Gasteiger partial charge on any atom is -0.379 e. The Morgan fingerprint density at radius 3 is 2.23 bits per heavy atom. The number of anilines is 1. The topological polar surface area (TPSA) is 109 Å². The number of rotatable bonds is 7. The van der Waals surface area contributed by atoms with Crippen LogP contribution < -0.4 is 5.32 Å². The van der Waals surface area contributed by atoms with Crippen LogP contribution in [0.25, 0.3) is 0 Å². The summed E-state index contributed by atoms with van der Waals surface area (Å²) < 4.78 is 59.5. The zero-order valence-corrected chi connectivity index (χ0v) is 18.7. The Balaban J connectivity index is 1.48. The molecule has 0 spiro atoms. The average molecular weight is 467 g/mol. The van der Waals surface area contributed by atoms with Crippen LogP contribution in [0.15, 0.2) is 52.4 Å². The second kappa shape index (κ2) is 9.21. The molecule has 2 aliphatic rings. The van der Waals surface area contributed by atoms with Crippen molar-refractivity contribution >= 4 is 25.9 Å². The van der Waals surface area contributed by atoms with Gasteiger partial charge in [0.15, 0.2) is 0 Å².